The number of ether oxygens (including phenoxy) is 1. The van der Waals surface area contributed by atoms with Crippen LogP contribution in [0.4, 0.5) is 0 Å². The van der Waals surface area contributed by atoms with Crippen molar-refractivity contribution in [1.29, 1.82) is 0 Å². The second-order valence-corrected chi connectivity index (χ2v) is 5.72. The summed E-state index contributed by atoms with van der Waals surface area (Å²) in [6, 6.07) is 17.5. The van der Waals surface area contributed by atoms with Crippen molar-refractivity contribution in [3.63, 3.8) is 0 Å². The summed E-state index contributed by atoms with van der Waals surface area (Å²) in [7, 11) is 1.79. The van der Waals surface area contributed by atoms with E-state index in [1.165, 1.54) is 0 Å². The number of hydrogen-bond acceptors (Lipinski definition) is 3. The van der Waals surface area contributed by atoms with E-state index in [9.17, 15) is 4.79 Å². The van der Waals surface area contributed by atoms with Crippen molar-refractivity contribution in [1.82, 2.24) is 15.1 Å². The van der Waals surface area contributed by atoms with Crippen LogP contribution in [-0.4, -0.2) is 22.3 Å². The third kappa shape index (κ3) is 4.07. The topological polar surface area (TPSA) is 56.1 Å². The van der Waals surface area contributed by atoms with Crippen LogP contribution >= 0.6 is 0 Å². The molecule has 1 N–H and O–H groups in total. The molecule has 0 spiro atoms. The predicted molar refractivity (Wildman–Crippen MR) is 96.6 cm³/mol. The Morgan fingerprint density at radius 2 is 1.80 bits per heavy atom. The van der Waals surface area contributed by atoms with Crippen LogP contribution in [0.25, 0.3) is 0 Å². The number of nitrogens with one attached hydrogen (secondary N) is 1. The van der Waals surface area contributed by atoms with Gasteiger partial charge in [0, 0.05) is 13.2 Å². The molecule has 0 aliphatic rings. The first-order valence-corrected chi connectivity index (χ1v) is 8.24. The zero-order valence-corrected chi connectivity index (χ0v) is 14.3. The Morgan fingerprint density at radius 3 is 2.40 bits per heavy atom. The van der Waals surface area contributed by atoms with Gasteiger partial charge in [-0.1, -0.05) is 42.5 Å². The monoisotopic (exact) mass is 335 g/mol. The maximum absolute atomic E-state index is 12.6. The maximum atomic E-state index is 12.6. The lowest BCUT2D eigenvalue weighted by atomic mass is 9.98. The molecular formula is C20H21N3O2. The van der Waals surface area contributed by atoms with Gasteiger partial charge in [-0.15, -0.1) is 0 Å². The van der Waals surface area contributed by atoms with E-state index >= 15 is 0 Å². The number of carbonyl (C=O) groups excluding carboxylic acids is 1. The number of rotatable bonds is 6. The lowest BCUT2D eigenvalue weighted by molar-refractivity contribution is 0.0943. The SMILES string of the molecule is CCOc1ccc(C(NC(=O)c2cnn(C)c2)c2ccccc2)cc1. The zero-order chi connectivity index (χ0) is 17.6. The van der Waals surface area contributed by atoms with Gasteiger partial charge in [0.15, 0.2) is 0 Å². The predicted octanol–water partition coefficient (Wildman–Crippen LogP) is 3.34. The minimum atomic E-state index is -0.246. The second kappa shape index (κ2) is 7.66. The molecular weight excluding hydrogens is 314 g/mol. The van der Waals surface area contributed by atoms with Crippen LogP contribution in [-0.2, 0) is 7.05 Å². The molecule has 1 atom stereocenters. The van der Waals surface area contributed by atoms with E-state index in [0.717, 1.165) is 16.9 Å². The van der Waals surface area contributed by atoms with E-state index < -0.39 is 0 Å². The number of nitrogens with zero attached hydrogens (tertiary/aromatic N) is 2. The minimum Gasteiger partial charge on any atom is -0.494 e. The first-order chi connectivity index (χ1) is 12.2. The molecule has 2 aromatic carbocycles. The van der Waals surface area contributed by atoms with Crippen LogP contribution < -0.4 is 10.1 Å². The van der Waals surface area contributed by atoms with E-state index in [4.69, 9.17) is 4.74 Å². The molecule has 0 aliphatic heterocycles. The molecule has 25 heavy (non-hydrogen) atoms. The van der Waals surface area contributed by atoms with Gasteiger partial charge in [-0.25, -0.2) is 0 Å². The lowest BCUT2D eigenvalue weighted by Gasteiger charge is -2.20. The van der Waals surface area contributed by atoms with E-state index in [2.05, 4.69) is 10.4 Å². The highest BCUT2D eigenvalue weighted by Gasteiger charge is 2.18. The van der Waals surface area contributed by atoms with Gasteiger partial charge in [-0.3, -0.25) is 9.48 Å². The van der Waals surface area contributed by atoms with Crippen molar-refractivity contribution in [2.24, 2.45) is 7.05 Å². The highest BCUT2D eigenvalue weighted by atomic mass is 16.5. The molecule has 0 saturated carbocycles. The van der Waals surface area contributed by atoms with Crippen LogP contribution in [0, 0.1) is 0 Å². The van der Waals surface area contributed by atoms with Gasteiger partial charge in [0.2, 0.25) is 0 Å². The number of carbonyl (C=O) groups is 1. The van der Waals surface area contributed by atoms with Gasteiger partial charge >= 0.3 is 0 Å². The normalized spacial score (nSPS) is 11.8. The van der Waals surface area contributed by atoms with Gasteiger partial charge < -0.3 is 10.1 Å². The fourth-order valence-corrected chi connectivity index (χ4v) is 2.68. The third-order valence-corrected chi connectivity index (χ3v) is 3.90. The Kier molecular flexibility index (Phi) is 5.14. The largest absolute Gasteiger partial charge is 0.494 e. The molecule has 5 heteroatoms. The first-order valence-electron chi connectivity index (χ1n) is 8.24. The van der Waals surface area contributed by atoms with Gasteiger partial charge in [-0.05, 0) is 30.2 Å². The lowest BCUT2D eigenvalue weighted by Crippen LogP contribution is -2.29. The standard InChI is InChI=1S/C20H21N3O2/c1-3-25-18-11-9-16(10-12-18)19(15-7-5-4-6-8-15)22-20(24)17-13-21-23(2)14-17/h4-14,19H,3H2,1-2H3,(H,22,24). The summed E-state index contributed by atoms with van der Waals surface area (Å²) in [6.45, 7) is 2.58. The summed E-state index contributed by atoms with van der Waals surface area (Å²) >= 11 is 0. The summed E-state index contributed by atoms with van der Waals surface area (Å²) < 4.78 is 7.12. The van der Waals surface area contributed by atoms with Crippen LogP contribution in [0.3, 0.4) is 0 Å². The number of hydrogen-bond donors (Lipinski definition) is 1. The molecule has 1 amide bonds. The summed E-state index contributed by atoms with van der Waals surface area (Å²) in [6.07, 6.45) is 3.27. The number of aryl methyl sites for hydroxylation is 1. The van der Waals surface area contributed by atoms with Crippen molar-refractivity contribution < 1.29 is 9.53 Å². The summed E-state index contributed by atoms with van der Waals surface area (Å²) in [5.74, 6) is 0.660. The fourth-order valence-electron chi connectivity index (χ4n) is 2.68. The van der Waals surface area contributed by atoms with Crippen molar-refractivity contribution in [3.05, 3.63) is 83.7 Å². The quantitative estimate of drug-likeness (QED) is 0.752. The highest BCUT2D eigenvalue weighted by Crippen LogP contribution is 2.24. The van der Waals surface area contributed by atoms with E-state index in [1.54, 1.807) is 24.1 Å². The minimum absolute atomic E-state index is 0.157. The van der Waals surface area contributed by atoms with Gasteiger partial charge in [0.25, 0.3) is 5.91 Å². The number of benzene rings is 2. The Bertz CT molecular complexity index is 826. The van der Waals surface area contributed by atoms with Crippen molar-refractivity contribution >= 4 is 5.91 Å². The average molecular weight is 335 g/mol. The van der Waals surface area contributed by atoms with Gasteiger partial charge in [-0.2, -0.15) is 5.10 Å². The second-order valence-electron chi connectivity index (χ2n) is 5.72. The van der Waals surface area contributed by atoms with Crippen LogP contribution in [0.1, 0.15) is 34.5 Å². The van der Waals surface area contributed by atoms with E-state index in [0.29, 0.717) is 12.2 Å². The van der Waals surface area contributed by atoms with Gasteiger partial charge in [0.05, 0.1) is 24.4 Å². The van der Waals surface area contributed by atoms with Crippen LogP contribution in [0.5, 0.6) is 5.75 Å². The molecule has 1 heterocycles. The molecule has 0 saturated heterocycles. The van der Waals surface area contributed by atoms with Crippen molar-refractivity contribution in [2.75, 3.05) is 6.61 Å². The third-order valence-electron chi connectivity index (χ3n) is 3.90. The van der Waals surface area contributed by atoms with E-state index in [-0.39, 0.29) is 11.9 Å². The molecule has 128 valence electrons. The van der Waals surface area contributed by atoms with E-state index in [1.807, 2.05) is 61.5 Å². The highest BCUT2D eigenvalue weighted by molar-refractivity contribution is 5.94. The molecule has 0 aliphatic carbocycles. The molecule has 3 aromatic rings. The fraction of sp³-hybridized carbons (Fsp3) is 0.200. The van der Waals surface area contributed by atoms with Crippen LogP contribution in [0.15, 0.2) is 67.0 Å². The molecule has 0 radical (unpaired) electrons. The Balaban J connectivity index is 1.88. The summed E-state index contributed by atoms with van der Waals surface area (Å²) in [4.78, 5) is 12.6. The summed E-state index contributed by atoms with van der Waals surface area (Å²) in [5, 5.41) is 7.16. The number of aromatic nitrogens is 2. The van der Waals surface area contributed by atoms with Crippen LogP contribution in [0.2, 0.25) is 0 Å². The molecule has 1 aromatic heterocycles. The Labute approximate surface area is 147 Å². The maximum Gasteiger partial charge on any atom is 0.255 e. The molecule has 3 rings (SSSR count). The Morgan fingerprint density at radius 1 is 1.12 bits per heavy atom. The molecule has 5 nitrogen and oxygen atoms in total. The molecule has 0 fully saturated rings. The molecule has 0 bridgehead atoms. The smallest absolute Gasteiger partial charge is 0.255 e. The zero-order valence-electron chi connectivity index (χ0n) is 14.3. The number of amides is 1. The molecule has 1 unspecified atom stereocenters. The van der Waals surface area contributed by atoms with Crippen molar-refractivity contribution in [3.8, 4) is 5.75 Å². The van der Waals surface area contributed by atoms with Crippen molar-refractivity contribution in [2.45, 2.75) is 13.0 Å². The van der Waals surface area contributed by atoms with Gasteiger partial charge in [0.1, 0.15) is 5.75 Å². The summed E-state index contributed by atoms with van der Waals surface area (Å²) in [5.41, 5.74) is 2.55. The first kappa shape index (κ1) is 16.8. The Hall–Kier alpha value is -3.08. The average Bonchev–Trinajstić information content (AvgIpc) is 3.08.